The molecule has 1 aliphatic heterocycles. The van der Waals surface area contributed by atoms with Gasteiger partial charge in [-0.1, -0.05) is 0 Å². The third-order valence-electron chi connectivity index (χ3n) is 2.95. The van der Waals surface area contributed by atoms with Gasteiger partial charge in [-0.3, -0.25) is 4.79 Å². The zero-order chi connectivity index (χ0) is 14.2. The van der Waals surface area contributed by atoms with Crippen molar-refractivity contribution in [3.05, 3.63) is 11.6 Å². The number of carbonyl (C=O) groups is 1. The van der Waals surface area contributed by atoms with Crippen molar-refractivity contribution >= 4 is 5.91 Å². The summed E-state index contributed by atoms with van der Waals surface area (Å²) in [5.74, 6) is -1.03. The monoisotopic (exact) mass is 277 g/mol. The largest absolute Gasteiger partial charge is 0.451 e. The quantitative estimate of drug-likeness (QED) is 0.851. The molecule has 9 heteroatoms. The maximum absolute atomic E-state index is 12.7. The predicted molar refractivity (Wildman–Crippen MR) is 59.1 cm³/mol. The summed E-state index contributed by atoms with van der Waals surface area (Å²) in [4.78, 5) is 13.0. The Bertz CT molecular complexity index is 482. The minimum absolute atomic E-state index is 0.0585. The number of alkyl halides is 3. The molecule has 106 valence electrons. The highest BCUT2D eigenvalue weighted by atomic mass is 19.4. The van der Waals surface area contributed by atoms with Gasteiger partial charge < -0.3 is 14.8 Å². The molecule has 1 aromatic heterocycles. The van der Waals surface area contributed by atoms with Gasteiger partial charge in [-0.05, 0) is 0 Å². The Morgan fingerprint density at radius 2 is 2.16 bits per heavy atom. The average Bonchev–Trinajstić information content (AvgIpc) is 2.73. The first-order valence-corrected chi connectivity index (χ1v) is 5.74. The van der Waals surface area contributed by atoms with Crippen molar-refractivity contribution in [2.75, 3.05) is 20.6 Å². The van der Waals surface area contributed by atoms with Gasteiger partial charge in [0.05, 0.1) is 6.04 Å². The zero-order valence-electron chi connectivity index (χ0n) is 10.5. The van der Waals surface area contributed by atoms with Gasteiger partial charge in [-0.15, -0.1) is 10.2 Å². The molecule has 2 heterocycles. The smallest absolute Gasteiger partial charge is 0.349 e. The summed E-state index contributed by atoms with van der Waals surface area (Å²) in [5.41, 5.74) is 0. The first-order chi connectivity index (χ1) is 8.80. The fraction of sp³-hybridized carbons (Fsp3) is 0.700. The second-order valence-corrected chi connectivity index (χ2v) is 4.53. The van der Waals surface area contributed by atoms with Gasteiger partial charge in [-0.25, -0.2) is 0 Å². The van der Waals surface area contributed by atoms with Gasteiger partial charge in [0, 0.05) is 33.6 Å². The van der Waals surface area contributed by atoms with E-state index < -0.39 is 18.0 Å². The maximum Gasteiger partial charge on any atom is 0.451 e. The Morgan fingerprint density at radius 1 is 1.47 bits per heavy atom. The van der Waals surface area contributed by atoms with E-state index in [1.807, 2.05) is 0 Å². The van der Waals surface area contributed by atoms with Crippen molar-refractivity contribution in [3.63, 3.8) is 0 Å². The van der Waals surface area contributed by atoms with Crippen LogP contribution in [0.25, 0.3) is 0 Å². The molecule has 0 bridgehead atoms. The summed E-state index contributed by atoms with van der Waals surface area (Å²) < 4.78 is 39.2. The maximum atomic E-state index is 12.7. The van der Waals surface area contributed by atoms with Crippen LogP contribution < -0.4 is 5.32 Å². The number of rotatable bonds is 2. The summed E-state index contributed by atoms with van der Waals surface area (Å²) >= 11 is 0. The van der Waals surface area contributed by atoms with Gasteiger partial charge in [0.2, 0.25) is 11.7 Å². The van der Waals surface area contributed by atoms with Crippen LogP contribution in [0.2, 0.25) is 0 Å². The molecular formula is C10H14F3N5O. The van der Waals surface area contributed by atoms with Crippen molar-refractivity contribution in [2.24, 2.45) is 0 Å². The lowest BCUT2D eigenvalue weighted by molar-refractivity contribution is -0.147. The van der Waals surface area contributed by atoms with E-state index in [9.17, 15) is 18.0 Å². The Kier molecular flexibility index (Phi) is 3.48. The molecule has 1 unspecified atom stereocenters. The van der Waals surface area contributed by atoms with Crippen LogP contribution in [0.1, 0.15) is 24.1 Å². The molecule has 0 aromatic carbocycles. The normalized spacial score (nSPS) is 19.1. The number of halogens is 3. The molecule has 1 aromatic rings. The zero-order valence-corrected chi connectivity index (χ0v) is 10.5. The number of amides is 1. The Labute approximate surface area is 107 Å². The van der Waals surface area contributed by atoms with Crippen LogP contribution in [-0.4, -0.2) is 46.2 Å². The van der Waals surface area contributed by atoms with Crippen molar-refractivity contribution in [1.29, 1.82) is 0 Å². The van der Waals surface area contributed by atoms with Gasteiger partial charge >= 0.3 is 6.18 Å². The number of fused-ring (bicyclic) bond motifs is 1. The lowest BCUT2D eigenvalue weighted by atomic mass is 10.1. The van der Waals surface area contributed by atoms with Crippen LogP contribution in [0.15, 0.2) is 0 Å². The molecule has 6 nitrogen and oxygen atoms in total. The highest BCUT2D eigenvalue weighted by Crippen LogP contribution is 2.31. The molecule has 0 saturated carbocycles. The van der Waals surface area contributed by atoms with Crippen molar-refractivity contribution in [1.82, 2.24) is 25.0 Å². The summed E-state index contributed by atoms with van der Waals surface area (Å²) in [6, 6.07) is -0.535. The molecule has 0 aliphatic carbocycles. The highest BCUT2D eigenvalue weighted by molar-refractivity contribution is 5.76. The molecule has 1 atom stereocenters. The van der Waals surface area contributed by atoms with E-state index in [1.165, 1.54) is 4.90 Å². The molecule has 1 aliphatic rings. The van der Waals surface area contributed by atoms with E-state index in [0.717, 1.165) is 4.57 Å². The minimum Gasteiger partial charge on any atom is -0.349 e. The molecule has 2 rings (SSSR count). The SMILES string of the molecule is CN(C)C(=O)CC1NCCn2c1nnc2C(F)(F)F. The standard InChI is InChI=1S/C10H14F3N5O/c1-17(2)7(19)5-6-8-15-16-9(10(11,12)13)18(8)4-3-14-6/h6,14H,3-5H2,1-2H3. The van der Waals surface area contributed by atoms with Crippen LogP contribution in [0.3, 0.4) is 0 Å². The van der Waals surface area contributed by atoms with Crippen LogP contribution >= 0.6 is 0 Å². The molecule has 1 N–H and O–H groups in total. The first-order valence-electron chi connectivity index (χ1n) is 5.74. The first kappa shape index (κ1) is 13.8. The second kappa shape index (κ2) is 4.80. The topological polar surface area (TPSA) is 63.1 Å². The van der Waals surface area contributed by atoms with Gasteiger partial charge in [0.1, 0.15) is 0 Å². The molecule has 0 spiro atoms. The molecule has 0 radical (unpaired) electrons. The number of hydrogen-bond donors (Lipinski definition) is 1. The van der Waals surface area contributed by atoms with E-state index in [2.05, 4.69) is 15.5 Å². The number of carbonyl (C=O) groups excluding carboxylic acids is 1. The third-order valence-corrected chi connectivity index (χ3v) is 2.95. The second-order valence-electron chi connectivity index (χ2n) is 4.53. The van der Waals surface area contributed by atoms with Crippen molar-refractivity contribution < 1.29 is 18.0 Å². The molecule has 19 heavy (non-hydrogen) atoms. The Morgan fingerprint density at radius 3 is 2.74 bits per heavy atom. The van der Waals surface area contributed by atoms with Crippen LogP contribution in [0.4, 0.5) is 13.2 Å². The molecule has 0 saturated heterocycles. The summed E-state index contributed by atoms with van der Waals surface area (Å²) in [6.07, 6.45) is -4.47. The summed E-state index contributed by atoms with van der Waals surface area (Å²) in [6.45, 7) is 0.489. The van der Waals surface area contributed by atoms with E-state index in [1.54, 1.807) is 14.1 Å². The predicted octanol–water partition coefficient (Wildman–Crippen LogP) is 0.419. The van der Waals surface area contributed by atoms with E-state index in [4.69, 9.17) is 0 Å². The number of aromatic nitrogens is 3. The van der Waals surface area contributed by atoms with Crippen LogP contribution in [0, 0.1) is 0 Å². The van der Waals surface area contributed by atoms with Gasteiger partial charge in [0.25, 0.3) is 0 Å². The Hall–Kier alpha value is -1.64. The minimum atomic E-state index is -4.53. The molecule has 0 fully saturated rings. The molecular weight excluding hydrogens is 263 g/mol. The molecule has 1 amide bonds. The third kappa shape index (κ3) is 2.70. The highest BCUT2D eigenvalue weighted by Gasteiger charge is 2.40. The number of nitrogens with zero attached hydrogens (tertiary/aromatic N) is 4. The number of nitrogens with one attached hydrogen (secondary N) is 1. The fourth-order valence-electron chi connectivity index (χ4n) is 1.97. The fourth-order valence-corrected chi connectivity index (χ4v) is 1.97. The summed E-state index contributed by atoms with van der Waals surface area (Å²) in [7, 11) is 3.19. The van der Waals surface area contributed by atoms with Crippen molar-refractivity contribution in [3.8, 4) is 0 Å². The Balaban J connectivity index is 2.26. The van der Waals surface area contributed by atoms with Crippen molar-refractivity contribution in [2.45, 2.75) is 25.2 Å². The van der Waals surface area contributed by atoms with E-state index >= 15 is 0 Å². The van der Waals surface area contributed by atoms with Gasteiger partial charge in [0.15, 0.2) is 5.82 Å². The van der Waals surface area contributed by atoms with Gasteiger partial charge in [-0.2, -0.15) is 13.2 Å². The summed E-state index contributed by atoms with van der Waals surface area (Å²) in [5, 5.41) is 9.76. The van der Waals surface area contributed by atoms with Crippen LogP contribution in [-0.2, 0) is 17.5 Å². The van der Waals surface area contributed by atoms with E-state index in [-0.39, 0.29) is 24.7 Å². The average molecular weight is 277 g/mol. The number of hydrogen-bond acceptors (Lipinski definition) is 4. The lowest BCUT2D eigenvalue weighted by Gasteiger charge is -2.25. The lowest BCUT2D eigenvalue weighted by Crippen LogP contribution is -2.38. The van der Waals surface area contributed by atoms with Crippen LogP contribution in [0.5, 0.6) is 0 Å². The van der Waals surface area contributed by atoms with E-state index in [0.29, 0.717) is 6.54 Å².